The number of nitrogens with zero attached hydrogens (tertiary/aromatic N) is 1. The second-order valence-electron chi connectivity index (χ2n) is 7.76. The number of benzene rings is 4. The zero-order chi connectivity index (χ0) is 21.2. The van der Waals surface area contributed by atoms with Crippen molar-refractivity contribution in [3.8, 4) is 33.4 Å². The van der Waals surface area contributed by atoms with Crippen LogP contribution in [0, 0.1) is 0 Å². The van der Waals surface area contributed by atoms with Gasteiger partial charge in [-0.2, -0.15) is 0 Å². The van der Waals surface area contributed by atoms with Gasteiger partial charge in [0, 0.05) is 5.02 Å². The Morgan fingerprint density at radius 3 is 1.71 bits per heavy atom. The molecule has 0 amide bonds. The summed E-state index contributed by atoms with van der Waals surface area (Å²) in [5.41, 5.74) is 8.69. The molecule has 1 aliphatic rings. The Hall–Kier alpha value is -2.81. The van der Waals surface area contributed by atoms with Crippen LogP contribution >= 0.6 is 23.4 Å². The Kier molecular flexibility index (Phi) is 5.67. The second kappa shape index (κ2) is 8.74. The molecule has 1 aliphatic heterocycles. The molecule has 4 aromatic rings. The molecule has 31 heavy (non-hydrogen) atoms. The number of halogens is 1. The maximum absolute atomic E-state index is 6.17. The molecule has 1 heterocycles. The van der Waals surface area contributed by atoms with Crippen LogP contribution in [0.1, 0.15) is 5.56 Å². The first-order valence-electron chi connectivity index (χ1n) is 10.5. The van der Waals surface area contributed by atoms with Crippen LogP contribution in [0.15, 0.2) is 97.1 Å². The van der Waals surface area contributed by atoms with E-state index >= 15 is 0 Å². The lowest BCUT2D eigenvalue weighted by molar-refractivity contribution is -0.485. The molecule has 0 radical (unpaired) electrons. The summed E-state index contributed by atoms with van der Waals surface area (Å²) in [6.07, 6.45) is 0. The van der Waals surface area contributed by atoms with E-state index in [1.807, 2.05) is 23.9 Å². The normalized spacial score (nSPS) is 13.6. The van der Waals surface area contributed by atoms with Gasteiger partial charge in [0.15, 0.2) is 6.54 Å². The molecule has 0 unspecified atom stereocenters. The van der Waals surface area contributed by atoms with Gasteiger partial charge in [-0.05, 0) is 57.6 Å². The number of hydrogen-bond donors (Lipinski definition) is 0. The zero-order valence-electron chi connectivity index (χ0n) is 17.4. The van der Waals surface area contributed by atoms with E-state index in [-0.39, 0.29) is 0 Å². The molecule has 0 atom stereocenters. The van der Waals surface area contributed by atoms with Crippen molar-refractivity contribution in [2.24, 2.45) is 0 Å². The lowest BCUT2D eigenvalue weighted by atomic mass is 9.88. The topological polar surface area (TPSA) is 3.01 Å². The molecule has 0 spiro atoms. The first-order valence-corrected chi connectivity index (χ1v) is 11.8. The molecule has 0 fully saturated rings. The van der Waals surface area contributed by atoms with Crippen LogP contribution in [0.3, 0.4) is 0 Å². The minimum absolute atomic E-state index is 0.756. The van der Waals surface area contributed by atoms with E-state index in [0.29, 0.717) is 0 Å². The highest BCUT2D eigenvalue weighted by Gasteiger charge is 2.28. The molecule has 0 aromatic heterocycles. The van der Waals surface area contributed by atoms with E-state index in [2.05, 4.69) is 96.6 Å². The fourth-order valence-electron chi connectivity index (χ4n) is 4.13. The summed E-state index contributed by atoms with van der Waals surface area (Å²) in [6, 6.07) is 34.3. The van der Waals surface area contributed by atoms with Crippen molar-refractivity contribution in [2.75, 3.05) is 19.3 Å². The van der Waals surface area contributed by atoms with Crippen LogP contribution in [0.25, 0.3) is 33.4 Å². The molecule has 0 aliphatic carbocycles. The van der Waals surface area contributed by atoms with Gasteiger partial charge in [-0.15, -0.1) is 0 Å². The van der Waals surface area contributed by atoms with Gasteiger partial charge in [-0.3, -0.25) is 0 Å². The van der Waals surface area contributed by atoms with Crippen LogP contribution in [0.2, 0.25) is 5.02 Å². The lowest BCUT2D eigenvalue weighted by Crippen LogP contribution is -2.12. The highest BCUT2D eigenvalue weighted by atomic mass is 35.5. The Labute approximate surface area is 193 Å². The first-order chi connectivity index (χ1) is 15.2. The Balaban J connectivity index is 1.85. The molecular formula is C28H23ClNS+. The van der Waals surface area contributed by atoms with Gasteiger partial charge < -0.3 is 0 Å². The molecule has 0 bridgehead atoms. The quantitative estimate of drug-likeness (QED) is 0.297. The molecular weight excluding hydrogens is 418 g/mol. The summed E-state index contributed by atoms with van der Waals surface area (Å²) in [5.74, 6) is 1.12. The van der Waals surface area contributed by atoms with Crippen molar-refractivity contribution in [1.82, 2.24) is 0 Å². The van der Waals surface area contributed by atoms with Crippen molar-refractivity contribution < 1.29 is 4.58 Å². The minimum atomic E-state index is 0.756. The summed E-state index contributed by atoms with van der Waals surface area (Å²) in [4.78, 5) is 0. The molecule has 1 nitrogen and oxygen atoms in total. The molecule has 5 rings (SSSR count). The predicted molar refractivity (Wildman–Crippen MR) is 135 cm³/mol. The third-order valence-electron chi connectivity index (χ3n) is 5.71. The average molecular weight is 441 g/mol. The van der Waals surface area contributed by atoms with Crippen molar-refractivity contribution in [3.05, 3.63) is 108 Å². The highest BCUT2D eigenvalue weighted by molar-refractivity contribution is 8.14. The largest absolute Gasteiger partial charge is 0.243 e. The van der Waals surface area contributed by atoms with Gasteiger partial charge in [0.1, 0.15) is 7.05 Å². The van der Waals surface area contributed by atoms with Crippen LogP contribution in [-0.4, -0.2) is 29.0 Å². The van der Waals surface area contributed by atoms with Crippen LogP contribution in [-0.2, 0) is 0 Å². The number of rotatable bonds is 4. The fourth-order valence-corrected chi connectivity index (χ4v) is 5.49. The lowest BCUT2D eigenvalue weighted by Gasteiger charge is -2.17. The van der Waals surface area contributed by atoms with Gasteiger partial charge in [0.2, 0.25) is 5.04 Å². The molecule has 0 saturated heterocycles. The SMILES string of the molecule is C[N+]1=C(c2c(-c3ccccc3)cc(-c3ccc(Cl)cc3)cc2-c2ccccc2)SCC1. The Morgan fingerprint density at radius 1 is 0.677 bits per heavy atom. The predicted octanol–water partition coefficient (Wildman–Crippen LogP) is 7.48. The zero-order valence-corrected chi connectivity index (χ0v) is 19.0. The van der Waals surface area contributed by atoms with Gasteiger partial charge in [-0.1, -0.05) is 96.2 Å². The Bertz CT molecular complexity index is 1180. The van der Waals surface area contributed by atoms with E-state index in [9.17, 15) is 0 Å². The molecule has 0 saturated carbocycles. The van der Waals surface area contributed by atoms with E-state index < -0.39 is 0 Å². The molecule has 152 valence electrons. The van der Waals surface area contributed by atoms with Crippen LogP contribution < -0.4 is 0 Å². The first kappa shape index (κ1) is 20.1. The van der Waals surface area contributed by atoms with E-state index in [1.165, 1.54) is 44.0 Å². The second-order valence-corrected chi connectivity index (χ2v) is 9.28. The smallest absolute Gasteiger partial charge is 0.226 e. The van der Waals surface area contributed by atoms with Crippen molar-refractivity contribution >= 4 is 28.4 Å². The third kappa shape index (κ3) is 4.06. The van der Waals surface area contributed by atoms with Gasteiger partial charge in [0.25, 0.3) is 0 Å². The van der Waals surface area contributed by atoms with Crippen LogP contribution in [0.5, 0.6) is 0 Å². The fraction of sp³-hybridized carbons (Fsp3) is 0.107. The van der Waals surface area contributed by atoms with Gasteiger partial charge >= 0.3 is 0 Å². The maximum atomic E-state index is 6.17. The Morgan fingerprint density at radius 2 is 1.23 bits per heavy atom. The minimum Gasteiger partial charge on any atom is -0.226 e. The molecule has 3 heteroatoms. The van der Waals surface area contributed by atoms with Crippen LogP contribution in [0.4, 0.5) is 0 Å². The van der Waals surface area contributed by atoms with Crippen molar-refractivity contribution in [3.63, 3.8) is 0 Å². The van der Waals surface area contributed by atoms with E-state index in [0.717, 1.165) is 17.3 Å². The number of hydrogen-bond acceptors (Lipinski definition) is 1. The standard InChI is InChI=1S/C28H23ClNS/c1-30-16-17-31-28(30)27-25(21-8-4-2-5-9-21)18-23(20-12-14-24(29)15-13-20)19-26(27)22-10-6-3-7-11-22/h2-15,18-19H,16-17H2,1H3/q+1. The highest BCUT2D eigenvalue weighted by Crippen LogP contribution is 2.40. The summed E-state index contributed by atoms with van der Waals surface area (Å²) < 4.78 is 2.39. The van der Waals surface area contributed by atoms with Crippen molar-refractivity contribution in [1.29, 1.82) is 0 Å². The number of thioether (sulfide) groups is 1. The average Bonchev–Trinajstić information content (AvgIpc) is 3.25. The van der Waals surface area contributed by atoms with Crippen molar-refractivity contribution in [2.45, 2.75) is 0 Å². The summed E-state index contributed by atoms with van der Waals surface area (Å²) in [5, 5.41) is 2.10. The summed E-state index contributed by atoms with van der Waals surface area (Å²) >= 11 is 8.12. The third-order valence-corrected chi connectivity index (χ3v) is 7.14. The van der Waals surface area contributed by atoms with Gasteiger partial charge in [-0.25, -0.2) is 4.58 Å². The summed E-state index contributed by atoms with van der Waals surface area (Å²) in [7, 11) is 2.20. The monoisotopic (exact) mass is 440 g/mol. The van der Waals surface area contributed by atoms with E-state index in [1.54, 1.807) is 0 Å². The van der Waals surface area contributed by atoms with Gasteiger partial charge in [0.05, 0.1) is 11.3 Å². The molecule has 0 N–H and O–H groups in total. The van der Waals surface area contributed by atoms with E-state index in [4.69, 9.17) is 11.6 Å². The summed E-state index contributed by atoms with van der Waals surface area (Å²) in [6.45, 7) is 1.07. The maximum Gasteiger partial charge on any atom is 0.243 e. The molecule has 4 aromatic carbocycles.